The second-order valence-corrected chi connectivity index (χ2v) is 7.58. The van der Waals surface area contributed by atoms with Crippen LogP contribution in [0.5, 0.6) is 0 Å². The van der Waals surface area contributed by atoms with Crippen LogP contribution in [-0.4, -0.2) is 29.8 Å². The van der Waals surface area contributed by atoms with Crippen LogP contribution < -0.4 is 5.32 Å². The lowest BCUT2D eigenvalue weighted by Gasteiger charge is -2.25. The van der Waals surface area contributed by atoms with Gasteiger partial charge in [-0.1, -0.05) is 35.0 Å². The number of likely N-dealkylation sites (tertiary alicyclic amines) is 1. The molecule has 1 aliphatic heterocycles. The molecule has 2 amide bonds. The maximum atomic E-state index is 12.5. The smallest absolute Gasteiger partial charge is 0.224 e. The van der Waals surface area contributed by atoms with E-state index in [-0.39, 0.29) is 23.8 Å². The van der Waals surface area contributed by atoms with Gasteiger partial charge in [-0.2, -0.15) is 0 Å². The molecule has 4 nitrogen and oxygen atoms in total. The molecular weight excluding hydrogens is 356 g/mol. The topological polar surface area (TPSA) is 49.4 Å². The Bertz CT molecular complexity index is 604. The van der Waals surface area contributed by atoms with Crippen LogP contribution in [0, 0.1) is 11.8 Å². The number of amides is 2. The Hall–Kier alpha value is -1.36. The molecule has 0 spiro atoms. The molecule has 1 saturated heterocycles. The quantitative estimate of drug-likeness (QED) is 0.854. The van der Waals surface area contributed by atoms with Gasteiger partial charge in [0.1, 0.15) is 0 Å². The summed E-state index contributed by atoms with van der Waals surface area (Å²) >= 11 is 3.50. The van der Waals surface area contributed by atoms with E-state index < -0.39 is 0 Å². The van der Waals surface area contributed by atoms with Crippen molar-refractivity contribution in [2.75, 3.05) is 13.1 Å². The maximum absolute atomic E-state index is 12.5. The Morgan fingerprint density at radius 3 is 2.87 bits per heavy atom. The first-order valence-corrected chi connectivity index (χ1v) is 9.18. The van der Waals surface area contributed by atoms with Gasteiger partial charge in [0.05, 0.1) is 6.04 Å². The van der Waals surface area contributed by atoms with E-state index in [1.54, 1.807) is 0 Å². The number of rotatable bonds is 5. The van der Waals surface area contributed by atoms with Crippen LogP contribution in [0.4, 0.5) is 0 Å². The Morgan fingerprint density at radius 1 is 1.39 bits per heavy atom. The summed E-state index contributed by atoms with van der Waals surface area (Å²) in [6, 6.07) is 8.35. The number of nitrogens with zero attached hydrogens (tertiary/aromatic N) is 1. The zero-order valence-electron chi connectivity index (χ0n) is 13.4. The molecule has 3 atom stereocenters. The van der Waals surface area contributed by atoms with Gasteiger partial charge in [-0.25, -0.2) is 0 Å². The summed E-state index contributed by atoms with van der Waals surface area (Å²) in [4.78, 5) is 26.3. The summed E-state index contributed by atoms with van der Waals surface area (Å²) in [5.74, 6) is 0.920. The van der Waals surface area contributed by atoms with Crippen LogP contribution in [0.1, 0.15) is 44.2 Å². The molecule has 0 aromatic heterocycles. The number of benzene rings is 1. The number of halogens is 1. The van der Waals surface area contributed by atoms with Gasteiger partial charge in [0.15, 0.2) is 0 Å². The molecule has 0 unspecified atom stereocenters. The molecule has 0 bridgehead atoms. The molecule has 1 saturated carbocycles. The molecule has 1 aliphatic carbocycles. The standard InChI is InChI=1S/C18H23BrN2O2/c1-12-10-15(12)18(23)20-8-7-17(22)21-9-3-6-16(21)13-4-2-5-14(19)11-13/h2,4-5,11-12,15-16H,3,6-10H2,1H3,(H,20,23)/t12-,15-,16+/m1/s1. The second-order valence-electron chi connectivity index (χ2n) is 6.66. The van der Waals surface area contributed by atoms with E-state index in [4.69, 9.17) is 0 Å². The van der Waals surface area contributed by atoms with Crippen LogP contribution >= 0.6 is 15.9 Å². The lowest BCUT2D eigenvalue weighted by molar-refractivity contribution is -0.132. The van der Waals surface area contributed by atoms with Crippen molar-refractivity contribution < 1.29 is 9.59 Å². The Kier molecular flexibility index (Phi) is 5.05. The van der Waals surface area contributed by atoms with Gasteiger partial charge in [-0.15, -0.1) is 0 Å². The third kappa shape index (κ3) is 3.94. The largest absolute Gasteiger partial charge is 0.355 e. The Morgan fingerprint density at radius 2 is 2.17 bits per heavy atom. The number of carbonyl (C=O) groups excluding carboxylic acids is 2. The zero-order valence-corrected chi connectivity index (χ0v) is 15.0. The molecule has 1 aromatic carbocycles. The van der Waals surface area contributed by atoms with Crippen molar-refractivity contribution in [1.82, 2.24) is 10.2 Å². The zero-order chi connectivity index (χ0) is 16.4. The van der Waals surface area contributed by atoms with Gasteiger partial charge >= 0.3 is 0 Å². The van der Waals surface area contributed by atoms with Gasteiger partial charge in [-0.3, -0.25) is 9.59 Å². The fourth-order valence-corrected chi connectivity index (χ4v) is 3.80. The average Bonchev–Trinajstić information content (AvgIpc) is 3.07. The fourth-order valence-electron chi connectivity index (χ4n) is 3.38. The van der Waals surface area contributed by atoms with Gasteiger partial charge in [0, 0.05) is 29.9 Å². The van der Waals surface area contributed by atoms with E-state index in [2.05, 4.69) is 40.3 Å². The fraction of sp³-hybridized carbons (Fsp3) is 0.556. The highest BCUT2D eigenvalue weighted by Gasteiger charge is 2.39. The molecule has 1 heterocycles. The normalized spacial score (nSPS) is 26.2. The summed E-state index contributed by atoms with van der Waals surface area (Å²) in [7, 11) is 0. The van der Waals surface area contributed by atoms with E-state index in [0.717, 1.165) is 30.3 Å². The van der Waals surface area contributed by atoms with Gasteiger partial charge in [0.25, 0.3) is 0 Å². The SMILES string of the molecule is C[C@@H]1C[C@H]1C(=O)NCCC(=O)N1CCC[C@H]1c1cccc(Br)c1. The first-order chi connectivity index (χ1) is 11.1. The highest BCUT2D eigenvalue weighted by Crippen LogP contribution is 2.37. The third-order valence-electron chi connectivity index (χ3n) is 4.89. The minimum absolute atomic E-state index is 0.107. The first kappa shape index (κ1) is 16.5. The minimum atomic E-state index is 0.107. The first-order valence-electron chi connectivity index (χ1n) is 8.39. The van der Waals surface area contributed by atoms with Crippen LogP contribution in [0.2, 0.25) is 0 Å². The van der Waals surface area contributed by atoms with Crippen LogP contribution in [0.15, 0.2) is 28.7 Å². The highest BCUT2D eigenvalue weighted by molar-refractivity contribution is 9.10. The van der Waals surface area contributed by atoms with Gasteiger partial charge in [0.2, 0.25) is 11.8 Å². The Labute approximate surface area is 145 Å². The molecule has 1 N–H and O–H groups in total. The monoisotopic (exact) mass is 378 g/mol. The Balaban J connectivity index is 1.52. The number of hydrogen-bond acceptors (Lipinski definition) is 2. The number of carbonyl (C=O) groups is 2. The highest BCUT2D eigenvalue weighted by atomic mass is 79.9. The van der Waals surface area contributed by atoms with E-state index in [9.17, 15) is 9.59 Å². The van der Waals surface area contributed by atoms with Crippen molar-refractivity contribution >= 4 is 27.7 Å². The third-order valence-corrected chi connectivity index (χ3v) is 5.38. The van der Waals surface area contributed by atoms with Gasteiger partial charge in [-0.05, 0) is 42.9 Å². The predicted molar refractivity (Wildman–Crippen MR) is 92.7 cm³/mol. The maximum Gasteiger partial charge on any atom is 0.224 e. The number of hydrogen-bond donors (Lipinski definition) is 1. The predicted octanol–water partition coefficient (Wildman–Crippen LogP) is 3.27. The minimum Gasteiger partial charge on any atom is -0.355 e. The molecule has 23 heavy (non-hydrogen) atoms. The lowest BCUT2D eigenvalue weighted by Crippen LogP contribution is -2.34. The van der Waals surface area contributed by atoms with Crippen molar-refractivity contribution in [3.63, 3.8) is 0 Å². The molecular formula is C18H23BrN2O2. The molecule has 1 aromatic rings. The summed E-state index contributed by atoms with van der Waals surface area (Å²) in [6.07, 6.45) is 3.41. The van der Waals surface area contributed by atoms with Gasteiger partial charge < -0.3 is 10.2 Å². The van der Waals surface area contributed by atoms with E-state index in [1.807, 2.05) is 17.0 Å². The summed E-state index contributed by atoms with van der Waals surface area (Å²) in [6.45, 7) is 3.34. The molecule has 3 rings (SSSR count). The van der Waals surface area contributed by atoms with Crippen LogP contribution in [0.25, 0.3) is 0 Å². The van der Waals surface area contributed by atoms with Crippen molar-refractivity contribution in [2.45, 2.75) is 38.6 Å². The van der Waals surface area contributed by atoms with Crippen molar-refractivity contribution in [3.05, 3.63) is 34.3 Å². The van der Waals surface area contributed by atoms with E-state index in [1.165, 1.54) is 5.56 Å². The molecule has 5 heteroatoms. The summed E-state index contributed by atoms with van der Waals surface area (Å²) in [5, 5.41) is 2.90. The summed E-state index contributed by atoms with van der Waals surface area (Å²) in [5.41, 5.74) is 1.18. The molecule has 2 fully saturated rings. The van der Waals surface area contributed by atoms with Crippen molar-refractivity contribution in [2.24, 2.45) is 11.8 Å². The summed E-state index contributed by atoms with van der Waals surface area (Å²) < 4.78 is 1.04. The van der Waals surface area contributed by atoms with Crippen LogP contribution in [-0.2, 0) is 9.59 Å². The van der Waals surface area contributed by atoms with E-state index >= 15 is 0 Å². The van der Waals surface area contributed by atoms with Crippen molar-refractivity contribution in [1.29, 1.82) is 0 Å². The van der Waals surface area contributed by atoms with E-state index in [0.29, 0.717) is 18.9 Å². The second kappa shape index (κ2) is 7.04. The number of nitrogens with one attached hydrogen (secondary N) is 1. The molecule has 124 valence electrons. The lowest BCUT2D eigenvalue weighted by atomic mass is 10.0. The molecule has 0 radical (unpaired) electrons. The van der Waals surface area contributed by atoms with Crippen LogP contribution in [0.3, 0.4) is 0 Å². The van der Waals surface area contributed by atoms with Crippen molar-refractivity contribution in [3.8, 4) is 0 Å². The average molecular weight is 379 g/mol. The molecule has 2 aliphatic rings.